The minimum absolute atomic E-state index is 0.399. The number of aromatic nitrogens is 1. The highest BCUT2D eigenvalue weighted by atomic mass is 16.1. The van der Waals surface area contributed by atoms with Crippen LogP contribution in [0.1, 0.15) is 21.5 Å². The zero-order valence-corrected chi connectivity index (χ0v) is 11.8. The molecular weight excluding hydrogens is 262 g/mol. The summed E-state index contributed by atoms with van der Waals surface area (Å²) in [7, 11) is 0. The molecular formula is C17H17N3O. The highest BCUT2D eigenvalue weighted by Gasteiger charge is 2.08. The average molecular weight is 279 g/mol. The highest BCUT2D eigenvalue weighted by molar-refractivity contribution is 5.95. The second-order valence-electron chi connectivity index (χ2n) is 5.05. The van der Waals surface area contributed by atoms with Gasteiger partial charge in [0, 0.05) is 34.9 Å². The smallest absolute Gasteiger partial charge is 0.249 e. The zero-order chi connectivity index (χ0) is 14.8. The number of primary amides is 1. The quantitative estimate of drug-likeness (QED) is 0.686. The number of carbonyl (C=O) groups excluding carboxylic acids is 1. The number of anilines is 1. The summed E-state index contributed by atoms with van der Waals surface area (Å²) in [5.74, 6) is -0.399. The fourth-order valence-electron chi connectivity index (χ4n) is 2.59. The van der Waals surface area contributed by atoms with Gasteiger partial charge in [-0.15, -0.1) is 0 Å². The Kier molecular flexibility index (Phi) is 3.36. The highest BCUT2D eigenvalue weighted by Crippen LogP contribution is 2.22. The largest absolute Gasteiger partial charge is 0.381 e. The van der Waals surface area contributed by atoms with Crippen LogP contribution >= 0.6 is 0 Å². The number of amides is 1. The monoisotopic (exact) mass is 279 g/mol. The Hall–Kier alpha value is -2.75. The number of hydrogen-bond donors (Lipinski definition) is 3. The molecule has 106 valence electrons. The maximum Gasteiger partial charge on any atom is 0.249 e. The van der Waals surface area contributed by atoms with Crippen molar-refractivity contribution < 1.29 is 4.79 Å². The number of aromatic amines is 1. The van der Waals surface area contributed by atoms with E-state index >= 15 is 0 Å². The molecule has 0 saturated carbocycles. The van der Waals surface area contributed by atoms with E-state index in [9.17, 15) is 4.79 Å². The molecule has 0 spiro atoms. The van der Waals surface area contributed by atoms with Gasteiger partial charge in [0.15, 0.2) is 0 Å². The minimum atomic E-state index is -0.399. The summed E-state index contributed by atoms with van der Waals surface area (Å²) >= 11 is 0. The zero-order valence-electron chi connectivity index (χ0n) is 11.8. The lowest BCUT2D eigenvalue weighted by molar-refractivity contribution is 0.1000. The van der Waals surface area contributed by atoms with E-state index in [-0.39, 0.29) is 0 Å². The number of nitrogens with one attached hydrogen (secondary N) is 2. The topological polar surface area (TPSA) is 70.9 Å². The van der Waals surface area contributed by atoms with Crippen LogP contribution in [0, 0.1) is 6.92 Å². The first kappa shape index (κ1) is 13.2. The van der Waals surface area contributed by atoms with Crippen LogP contribution in [0.3, 0.4) is 0 Å². The van der Waals surface area contributed by atoms with Crippen molar-refractivity contribution in [3.05, 3.63) is 65.4 Å². The lowest BCUT2D eigenvalue weighted by Gasteiger charge is -2.12. The molecule has 3 aromatic rings. The van der Waals surface area contributed by atoms with Crippen molar-refractivity contribution in [2.24, 2.45) is 5.73 Å². The van der Waals surface area contributed by atoms with Gasteiger partial charge in [-0.05, 0) is 42.3 Å². The van der Waals surface area contributed by atoms with E-state index in [2.05, 4.69) is 28.5 Å². The molecule has 3 rings (SSSR count). The Balaban J connectivity index is 1.87. The number of hydrogen-bond acceptors (Lipinski definition) is 2. The number of fused-ring (bicyclic) bond motifs is 1. The van der Waals surface area contributed by atoms with Crippen LogP contribution in [-0.4, -0.2) is 10.9 Å². The number of benzene rings is 2. The molecule has 21 heavy (non-hydrogen) atoms. The molecule has 4 N–H and O–H groups in total. The second-order valence-corrected chi connectivity index (χ2v) is 5.05. The van der Waals surface area contributed by atoms with Gasteiger partial charge in [0.25, 0.3) is 0 Å². The van der Waals surface area contributed by atoms with Crippen molar-refractivity contribution in [1.82, 2.24) is 4.98 Å². The van der Waals surface area contributed by atoms with Crippen molar-refractivity contribution in [3.63, 3.8) is 0 Å². The summed E-state index contributed by atoms with van der Waals surface area (Å²) < 4.78 is 0. The Morgan fingerprint density at radius 1 is 1.19 bits per heavy atom. The molecule has 0 atom stereocenters. The summed E-state index contributed by atoms with van der Waals surface area (Å²) in [6.07, 6.45) is 1.94. The predicted molar refractivity (Wildman–Crippen MR) is 85.3 cm³/mol. The average Bonchev–Trinajstić information content (AvgIpc) is 2.95. The van der Waals surface area contributed by atoms with Gasteiger partial charge in [-0.1, -0.05) is 18.2 Å². The van der Waals surface area contributed by atoms with Gasteiger partial charge in [0.2, 0.25) is 5.91 Å². The molecule has 0 radical (unpaired) electrons. The Morgan fingerprint density at radius 3 is 2.81 bits per heavy atom. The van der Waals surface area contributed by atoms with Crippen molar-refractivity contribution in [1.29, 1.82) is 0 Å². The van der Waals surface area contributed by atoms with E-state index in [0.29, 0.717) is 12.1 Å². The molecule has 0 aliphatic carbocycles. The fraction of sp³-hybridized carbons (Fsp3) is 0.118. The lowest BCUT2D eigenvalue weighted by Crippen LogP contribution is -2.13. The number of H-pyrrole nitrogens is 1. The van der Waals surface area contributed by atoms with E-state index in [1.165, 1.54) is 10.9 Å². The van der Waals surface area contributed by atoms with E-state index in [1.807, 2.05) is 31.3 Å². The molecule has 1 amide bonds. The van der Waals surface area contributed by atoms with Gasteiger partial charge in [0.05, 0.1) is 0 Å². The molecule has 0 unspecified atom stereocenters. The standard InChI is InChI=1S/C17H17N3O/c1-11-13(17(18)21)5-3-6-15(11)20-10-12-4-2-7-16-14(12)8-9-19-16/h2-9,19-20H,10H2,1H3,(H2,18,21). The van der Waals surface area contributed by atoms with Gasteiger partial charge in [-0.3, -0.25) is 4.79 Å². The second kappa shape index (κ2) is 5.32. The van der Waals surface area contributed by atoms with Gasteiger partial charge >= 0.3 is 0 Å². The molecule has 0 saturated heterocycles. The number of carbonyl (C=O) groups is 1. The van der Waals surface area contributed by atoms with E-state index in [1.54, 1.807) is 6.07 Å². The molecule has 4 nitrogen and oxygen atoms in total. The molecule has 1 aromatic heterocycles. The van der Waals surface area contributed by atoms with Crippen molar-refractivity contribution in [2.75, 3.05) is 5.32 Å². The van der Waals surface area contributed by atoms with E-state index < -0.39 is 5.91 Å². The third-order valence-corrected chi connectivity index (χ3v) is 3.75. The molecule has 2 aromatic carbocycles. The van der Waals surface area contributed by atoms with Crippen molar-refractivity contribution in [2.45, 2.75) is 13.5 Å². The third kappa shape index (κ3) is 2.48. The van der Waals surface area contributed by atoms with Crippen LogP contribution in [0.15, 0.2) is 48.7 Å². The first-order valence-corrected chi connectivity index (χ1v) is 6.85. The summed E-state index contributed by atoms with van der Waals surface area (Å²) in [6.45, 7) is 2.59. The first-order valence-electron chi connectivity index (χ1n) is 6.85. The molecule has 0 bridgehead atoms. The summed E-state index contributed by atoms with van der Waals surface area (Å²) in [6, 6.07) is 13.8. The molecule has 1 heterocycles. The summed E-state index contributed by atoms with van der Waals surface area (Å²) in [5.41, 5.74) is 10.1. The minimum Gasteiger partial charge on any atom is -0.381 e. The number of rotatable bonds is 4. The lowest BCUT2D eigenvalue weighted by atomic mass is 10.1. The maximum absolute atomic E-state index is 11.4. The molecule has 0 aliphatic heterocycles. The van der Waals surface area contributed by atoms with Crippen LogP contribution in [0.4, 0.5) is 5.69 Å². The fourth-order valence-corrected chi connectivity index (χ4v) is 2.59. The molecule has 4 heteroatoms. The molecule has 0 fully saturated rings. The Morgan fingerprint density at radius 2 is 2.00 bits per heavy atom. The van der Waals surface area contributed by atoms with Crippen LogP contribution in [0.25, 0.3) is 10.9 Å². The van der Waals surface area contributed by atoms with Crippen LogP contribution in [0.2, 0.25) is 0 Å². The number of nitrogens with two attached hydrogens (primary N) is 1. The summed E-state index contributed by atoms with van der Waals surface area (Å²) in [4.78, 5) is 14.6. The van der Waals surface area contributed by atoms with E-state index in [4.69, 9.17) is 5.73 Å². The van der Waals surface area contributed by atoms with Crippen molar-refractivity contribution >= 4 is 22.5 Å². The predicted octanol–water partition coefficient (Wildman–Crippen LogP) is 3.19. The first-order chi connectivity index (χ1) is 10.2. The van der Waals surface area contributed by atoms with Gasteiger partial charge < -0.3 is 16.0 Å². The Labute approximate surface area is 123 Å². The van der Waals surface area contributed by atoms with Crippen LogP contribution in [0.5, 0.6) is 0 Å². The molecule has 0 aliphatic rings. The van der Waals surface area contributed by atoms with E-state index in [0.717, 1.165) is 16.8 Å². The van der Waals surface area contributed by atoms with Crippen LogP contribution in [-0.2, 0) is 6.54 Å². The van der Waals surface area contributed by atoms with Gasteiger partial charge in [-0.25, -0.2) is 0 Å². The summed E-state index contributed by atoms with van der Waals surface area (Å²) in [5, 5.41) is 4.59. The van der Waals surface area contributed by atoms with Gasteiger partial charge in [-0.2, -0.15) is 0 Å². The van der Waals surface area contributed by atoms with Crippen LogP contribution < -0.4 is 11.1 Å². The SMILES string of the molecule is Cc1c(NCc2cccc3[nH]ccc23)cccc1C(N)=O. The maximum atomic E-state index is 11.4. The Bertz CT molecular complexity index is 805. The third-order valence-electron chi connectivity index (χ3n) is 3.75. The normalized spacial score (nSPS) is 10.7. The van der Waals surface area contributed by atoms with Crippen molar-refractivity contribution in [3.8, 4) is 0 Å². The van der Waals surface area contributed by atoms with Gasteiger partial charge in [0.1, 0.15) is 0 Å².